The van der Waals surface area contributed by atoms with Crippen LogP contribution in [0.25, 0.3) is 0 Å². The molecule has 0 saturated heterocycles. The average molecular weight is 243 g/mol. The molecule has 0 spiro atoms. The van der Waals surface area contributed by atoms with Crippen LogP contribution in [0.1, 0.15) is 46.5 Å². The normalized spacial score (nSPS) is 12.8. The van der Waals surface area contributed by atoms with Gasteiger partial charge in [0.05, 0.1) is 6.04 Å². The standard InChI is InChI=1S/C13H29N3O/c1-4-7-8-12(14)13(17)15-9-11-16(6-3)10-5-2/h12H,4-11,14H2,1-3H3,(H,15,17)/t12-/m0/s1. The third kappa shape index (κ3) is 8.16. The molecule has 1 atom stereocenters. The Labute approximate surface area is 106 Å². The van der Waals surface area contributed by atoms with Crippen molar-refractivity contribution in [3.63, 3.8) is 0 Å². The summed E-state index contributed by atoms with van der Waals surface area (Å²) in [4.78, 5) is 14.0. The van der Waals surface area contributed by atoms with Crippen molar-refractivity contribution in [3.8, 4) is 0 Å². The molecule has 0 fully saturated rings. The van der Waals surface area contributed by atoms with Gasteiger partial charge in [-0.2, -0.15) is 0 Å². The number of nitrogens with zero attached hydrogens (tertiary/aromatic N) is 1. The zero-order valence-electron chi connectivity index (χ0n) is 11.7. The number of amides is 1. The number of hydrogen-bond donors (Lipinski definition) is 2. The third-order valence-corrected chi connectivity index (χ3v) is 2.92. The lowest BCUT2D eigenvalue weighted by molar-refractivity contribution is -0.122. The van der Waals surface area contributed by atoms with E-state index in [1.807, 2.05) is 0 Å². The minimum atomic E-state index is -0.337. The molecule has 0 heterocycles. The van der Waals surface area contributed by atoms with Gasteiger partial charge in [0, 0.05) is 13.1 Å². The Bertz CT molecular complexity index is 197. The Hall–Kier alpha value is -0.610. The first-order valence-electron chi connectivity index (χ1n) is 6.91. The smallest absolute Gasteiger partial charge is 0.236 e. The fraction of sp³-hybridized carbons (Fsp3) is 0.923. The summed E-state index contributed by atoms with van der Waals surface area (Å²) in [5, 5.41) is 2.91. The van der Waals surface area contributed by atoms with Gasteiger partial charge in [0.15, 0.2) is 0 Å². The molecule has 0 aromatic heterocycles. The lowest BCUT2D eigenvalue weighted by Gasteiger charge is -2.20. The summed E-state index contributed by atoms with van der Waals surface area (Å²) in [7, 11) is 0. The summed E-state index contributed by atoms with van der Waals surface area (Å²) >= 11 is 0. The third-order valence-electron chi connectivity index (χ3n) is 2.92. The predicted molar refractivity (Wildman–Crippen MR) is 72.9 cm³/mol. The zero-order chi connectivity index (χ0) is 13.1. The van der Waals surface area contributed by atoms with Crippen LogP contribution in [0, 0.1) is 0 Å². The van der Waals surface area contributed by atoms with E-state index in [0.29, 0.717) is 6.54 Å². The van der Waals surface area contributed by atoms with Gasteiger partial charge in [-0.3, -0.25) is 4.79 Å². The fourth-order valence-corrected chi connectivity index (χ4v) is 1.77. The number of nitrogens with one attached hydrogen (secondary N) is 1. The second-order valence-electron chi connectivity index (χ2n) is 4.47. The summed E-state index contributed by atoms with van der Waals surface area (Å²) in [6, 6.07) is -0.337. The summed E-state index contributed by atoms with van der Waals surface area (Å²) in [6.45, 7) is 10.2. The van der Waals surface area contributed by atoms with Crippen molar-refractivity contribution in [2.75, 3.05) is 26.2 Å². The van der Waals surface area contributed by atoms with Crippen molar-refractivity contribution in [1.82, 2.24) is 10.2 Å². The van der Waals surface area contributed by atoms with Gasteiger partial charge in [0.2, 0.25) is 5.91 Å². The van der Waals surface area contributed by atoms with E-state index in [0.717, 1.165) is 45.3 Å². The van der Waals surface area contributed by atoms with Gasteiger partial charge in [-0.25, -0.2) is 0 Å². The van der Waals surface area contributed by atoms with Crippen LogP contribution in [0.5, 0.6) is 0 Å². The lowest BCUT2D eigenvalue weighted by atomic mass is 10.1. The van der Waals surface area contributed by atoms with Crippen molar-refractivity contribution < 1.29 is 4.79 Å². The lowest BCUT2D eigenvalue weighted by Crippen LogP contribution is -2.43. The van der Waals surface area contributed by atoms with E-state index < -0.39 is 0 Å². The van der Waals surface area contributed by atoms with Crippen LogP contribution in [0.15, 0.2) is 0 Å². The molecule has 0 rings (SSSR count). The Morgan fingerprint density at radius 1 is 1.24 bits per heavy atom. The molecule has 102 valence electrons. The summed E-state index contributed by atoms with van der Waals surface area (Å²) in [5.74, 6) is -0.00833. The van der Waals surface area contributed by atoms with Gasteiger partial charge in [-0.15, -0.1) is 0 Å². The maximum atomic E-state index is 11.6. The van der Waals surface area contributed by atoms with E-state index in [1.54, 1.807) is 0 Å². The van der Waals surface area contributed by atoms with Gasteiger partial charge < -0.3 is 16.0 Å². The van der Waals surface area contributed by atoms with Crippen LogP contribution in [-0.2, 0) is 4.79 Å². The van der Waals surface area contributed by atoms with E-state index in [1.165, 1.54) is 0 Å². The van der Waals surface area contributed by atoms with Gasteiger partial charge in [0.25, 0.3) is 0 Å². The number of unbranched alkanes of at least 4 members (excludes halogenated alkanes) is 1. The Kier molecular flexibility index (Phi) is 10.2. The van der Waals surface area contributed by atoms with Crippen LogP contribution in [0.2, 0.25) is 0 Å². The Morgan fingerprint density at radius 2 is 1.94 bits per heavy atom. The summed E-state index contributed by atoms with van der Waals surface area (Å²) in [5.41, 5.74) is 5.79. The van der Waals surface area contributed by atoms with Crippen LogP contribution < -0.4 is 11.1 Å². The van der Waals surface area contributed by atoms with Crippen LogP contribution in [0.4, 0.5) is 0 Å². The SMILES string of the molecule is CCCC[C@H](N)C(=O)NCCN(CC)CCC. The first kappa shape index (κ1) is 16.4. The highest BCUT2D eigenvalue weighted by atomic mass is 16.2. The van der Waals surface area contributed by atoms with Gasteiger partial charge in [-0.05, 0) is 25.9 Å². The molecule has 3 N–H and O–H groups in total. The highest BCUT2D eigenvalue weighted by molar-refractivity contribution is 5.81. The largest absolute Gasteiger partial charge is 0.353 e. The molecule has 4 nitrogen and oxygen atoms in total. The Morgan fingerprint density at radius 3 is 2.47 bits per heavy atom. The maximum absolute atomic E-state index is 11.6. The highest BCUT2D eigenvalue weighted by Crippen LogP contribution is 1.98. The van der Waals surface area contributed by atoms with Crippen LogP contribution in [-0.4, -0.2) is 43.0 Å². The molecule has 1 amide bonds. The van der Waals surface area contributed by atoms with Crippen LogP contribution >= 0.6 is 0 Å². The zero-order valence-corrected chi connectivity index (χ0v) is 11.7. The van der Waals surface area contributed by atoms with Gasteiger partial charge in [0.1, 0.15) is 0 Å². The summed E-state index contributed by atoms with van der Waals surface area (Å²) in [6.07, 6.45) is 4.04. The number of likely N-dealkylation sites (N-methyl/N-ethyl adjacent to an activating group) is 1. The molecule has 4 heteroatoms. The minimum absolute atomic E-state index is 0.00833. The van der Waals surface area contributed by atoms with Crippen molar-refractivity contribution in [2.24, 2.45) is 5.73 Å². The molecule has 0 aliphatic rings. The quantitative estimate of drug-likeness (QED) is 0.609. The van der Waals surface area contributed by atoms with Crippen LogP contribution in [0.3, 0.4) is 0 Å². The average Bonchev–Trinajstić information content (AvgIpc) is 2.34. The summed E-state index contributed by atoms with van der Waals surface area (Å²) < 4.78 is 0. The topological polar surface area (TPSA) is 58.4 Å². The van der Waals surface area contributed by atoms with E-state index >= 15 is 0 Å². The molecular weight excluding hydrogens is 214 g/mol. The first-order valence-corrected chi connectivity index (χ1v) is 6.91. The molecule has 0 saturated carbocycles. The van der Waals surface area contributed by atoms with Crippen molar-refractivity contribution in [3.05, 3.63) is 0 Å². The molecular formula is C13H29N3O. The van der Waals surface area contributed by atoms with E-state index in [4.69, 9.17) is 5.73 Å². The van der Waals surface area contributed by atoms with E-state index in [2.05, 4.69) is 31.0 Å². The Balaban J connectivity index is 3.68. The fourth-order valence-electron chi connectivity index (χ4n) is 1.77. The number of hydrogen-bond acceptors (Lipinski definition) is 3. The second kappa shape index (κ2) is 10.5. The van der Waals surface area contributed by atoms with Gasteiger partial charge >= 0.3 is 0 Å². The number of carbonyl (C=O) groups is 1. The molecule has 0 bridgehead atoms. The molecule has 0 aromatic rings. The number of nitrogens with two attached hydrogens (primary N) is 1. The van der Waals surface area contributed by atoms with E-state index in [9.17, 15) is 4.79 Å². The predicted octanol–water partition coefficient (Wildman–Crippen LogP) is 1.35. The number of carbonyl (C=O) groups excluding carboxylic acids is 1. The van der Waals surface area contributed by atoms with Crippen molar-refractivity contribution in [1.29, 1.82) is 0 Å². The molecule has 0 radical (unpaired) electrons. The maximum Gasteiger partial charge on any atom is 0.236 e. The first-order chi connectivity index (χ1) is 8.15. The van der Waals surface area contributed by atoms with Gasteiger partial charge in [-0.1, -0.05) is 33.6 Å². The molecule has 0 aromatic carbocycles. The van der Waals surface area contributed by atoms with Crippen molar-refractivity contribution in [2.45, 2.75) is 52.5 Å². The molecule has 17 heavy (non-hydrogen) atoms. The molecule has 0 aliphatic heterocycles. The minimum Gasteiger partial charge on any atom is -0.353 e. The second-order valence-corrected chi connectivity index (χ2v) is 4.47. The van der Waals surface area contributed by atoms with Crippen molar-refractivity contribution >= 4 is 5.91 Å². The number of rotatable bonds is 10. The monoisotopic (exact) mass is 243 g/mol. The molecule has 0 aliphatic carbocycles. The highest BCUT2D eigenvalue weighted by Gasteiger charge is 2.12. The molecule has 0 unspecified atom stereocenters. The van der Waals surface area contributed by atoms with E-state index in [-0.39, 0.29) is 11.9 Å².